The quantitative estimate of drug-likeness (QED) is 0.455. The summed E-state index contributed by atoms with van der Waals surface area (Å²) in [5, 5.41) is 0. The Labute approximate surface area is 133 Å². The third-order valence-electron chi connectivity index (χ3n) is 3.55. The average Bonchev–Trinajstić information content (AvgIpc) is 2.50. The second kappa shape index (κ2) is 10.8. The highest BCUT2D eigenvalue weighted by atomic mass is 28.3. The molecular formula is C16H26F2O3Si. The Morgan fingerprint density at radius 1 is 1.05 bits per heavy atom. The summed E-state index contributed by atoms with van der Waals surface area (Å²) in [5.41, 5.74) is 0.590. The zero-order chi connectivity index (χ0) is 16.4. The zero-order valence-electron chi connectivity index (χ0n) is 13.6. The number of halogens is 2. The van der Waals surface area contributed by atoms with Gasteiger partial charge in [-0.2, -0.15) is 0 Å². The maximum Gasteiger partial charge on any atom is 0.483 e. The van der Waals surface area contributed by atoms with Crippen LogP contribution in [0.2, 0.25) is 0 Å². The van der Waals surface area contributed by atoms with Crippen LogP contribution in [0, 0.1) is 11.6 Å². The van der Waals surface area contributed by atoms with Crippen molar-refractivity contribution in [1.29, 1.82) is 0 Å². The molecule has 22 heavy (non-hydrogen) atoms. The standard InChI is InChI=1S/C16H26F2O3Si/c1-13(21-22(19-2)20-3)8-6-4-5-7-9-14-10-11-15(17)12-16(14)18/h10-13,22H,4-9H2,1-3H3. The third kappa shape index (κ3) is 7.44. The van der Waals surface area contributed by atoms with Crippen LogP contribution in [0.5, 0.6) is 0 Å². The fourth-order valence-corrected chi connectivity index (χ4v) is 3.22. The molecule has 3 nitrogen and oxygen atoms in total. The molecule has 1 atom stereocenters. The van der Waals surface area contributed by atoms with E-state index in [2.05, 4.69) is 0 Å². The van der Waals surface area contributed by atoms with Crippen LogP contribution in [0.25, 0.3) is 0 Å². The van der Waals surface area contributed by atoms with Crippen molar-refractivity contribution in [1.82, 2.24) is 0 Å². The molecule has 0 aliphatic carbocycles. The number of hydrogen-bond acceptors (Lipinski definition) is 3. The Bertz CT molecular complexity index is 428. The molecule has 0 spiro atoms. The Morgan fingerprint density at radius 2 is 1.73 bits per heavy atom. The van der Waals surface area contributed by atoms with Crippen LogP contribution >= 0.6 is 0 Å². The summed E-state index contributed by atoms with van der Waals surface area (Å²) in [5.74, 6) is -0.971. The first kappa shape index (κ1) is 19.2. The fraction of sp³-hybridized carbons (Fsp3) is 0.625. The van der Waals surface area contributed by atoms with Crippen LogP contribution in [0.1, 0.15) is 44.6 Å². The molecule has 1 aromatic rings. The number of benzene rings is 1. The van der Waals surface area contributed by atoms with Crippen molar-refractivity contribution >= 4 is 9.53 Å². The van der Waals surface area contributed by atoms with Crippen LogP contribution < -0.4 is 0 Å². The first-order valence-corrected chi connectivity index (χ1v) is 9.13. The maximum atomic E-state index is 13.4. The van der Waals surface area contributed by atoms with Gasteiger partial charge in [0.15, 0.2) is 0 Å². The van der Waals surface area contributed by atoms with Gasteiger partial charge >= 0.3 is 9.53 Å². The molecule has 0 amide bonds. The maximum absolute atomic E-state index is 13.4. The van der Waals surface area contributed by atoms with Gasteiger partial charge in [0.05, 0.1) is 0 Å². The second-order valence-electron chi connectivity index (χ2n) is 5.40. The minimum Gasteiger partial charge on any atom is -0.379 e. The highest BCUT2D eigenvalue weighted by Gasteiger charge is 2.15. The van der Waals surface area contributed by atoms with Gasteiger partial charge in [0, 0.05) is 26.4 Å². The SMILES string of the molecule is CO[SiH](OC)OC(C)CCCCCCc1ccc(F)cc1F. The van der Waals surface area contributed by atoms with Crippen LogP contribution in [0.3, 0.4) is 0 Å². The van der Waals surface area contributed by atoms with Crippen LogP contribution in [-0.4, -0.2) is 29.9 Å². The summed E-state index contributed by atoms with van der Waals surface area (Å²) in [6.07, 6.45) is 5.81. The lowest BCUT2D eigenvalue weighted by molar-refractivity contribution is 0.0892. The Kier molecular flexibility index (Phi) is 9.46. The first-order chi connectivity index (χ1) is 10.6. The largest absolute Gasteiger partial charge is 0.483 e. The van der Waals surface area contributed by atoms with Gasteiger partial charge in [0.25, 0.3) is 0 Å². The fourth-order valence-electron chi connectivity index (χ4n) is 2.29. The van der Waals surface area contributed by atoms with E-state index in [-0.39, 0.29) is 6.10 Å². The summed E-state index contributed by atoms with van der Waals surface area (Å²) < 4.78 is 42.1. The molecule has 6 heteroatoms. The van der Waals surface area contributed by atoms with Gasteiger partial charge in [-0.3, -0.25) is 0 Å². The summed E-state index contributed by atoms with van der Waals surface area (Å²) in [7, 11) is 1.26. The molecule has 1 unspecified atom stereocenters. The van der Waals surface area contributed by atoms with Crippen molar-refractivity contribution in [2.24, 2.45) is 0 Å². The lowest BCUT2D eigenvalue weighted by Gasteiger charge is -2.17. The van der Waals surface area contributed by atoms with Crippen molar-refractivity contribution in [2.75, 3.05) is 14.2 Å². The molecule has 0 saturated carbocycles. The molecular weight excluding hydrogens is 306 g/mol. The summed E-state index contributed by atoms with van der Waals surface area (Å²) in [6.45, 7) is 2.02. The second-order valence-corrected chi connectivity index (χ2v) is 7.19. The van der Waals surface area contributed by atoms with E-state index in [4.69, 9.17) is 13.3 Å². The molecule has 0 radical (unpaired) electrons. The molecule has 0 aliphatic rings. The summed E-state index contributed by atoms with van der Waals surface area (Å²) >= 11 is 0. The predicted molar refractivity (Wildman–Crippen MR) is 84.9 cm³/mol. The summed E-state index contributed by atoms with van der Waals surface area (Å²) in [6, 6.07) is 3.78. The van der Waals surface area contributed by atoms with Gasteiger partial charge < -0.3 is 13.3 Å². The van der Waals surface area contributed by atoms with Gasteiger partial charge in [0.1, 0.15) is 11.6 Å². The molecule has 0 fully saturated rings. The van der Waals surface area contributed by atoms with Crippen LogP contribution in [-0.2, 0) is 19.7 Å². The smallest absolute Gasteiger partial charge is 0.379 e. The number of hydrogen-bond donors (Lipinski definition) is 0. The highest BCUT2D eigenvalue weighted by Crippen LogP contribution is 2.15. The summed E-state index contributed by atoms with van der Waals surface area (Å²) in [4.78, 5) is 0. The van der Waals surface area contributed by atoms with Crippen molar-refractivity contribution in [2.45, 2.75) is 51.6 Å². The molecule has 0 aromatic heterocycles. The topological polar surface area (TPSA) is 27.7 Å². The van der Waals surface area contributed by atoms with Crippen molar-refractivity contribution < 1.29 is 22.1 Å². The van der Waals surface area contributed by atoms with E-state index in [1.54, 1.807) is 14.2 Å². The molecule has 0 N–H and O–H groups in total. The van der Waals surface area contributed by atoms with Gasteiger partial charge in [-0.1, -0.05) is 25.3 Å². The minimum atomic E-state index is -1.94. The Hall–Kier alpha value is -0.823. The first-order valence-electron chi connectivity index (χ1n) is 7.71. The Balaban J connectivity index is 2.10. The van der Waals surface area contributed by atoms with Gasteiger partial charge in [0.2, 0.25) is 0 Å². The van der Waals surface area contributed by atoms with Gasteiger partial charge in [-0.15, -0.1) is 0 Å². The lowest BCUT2D eigenvalue weighted by Crippen LogP contribution is -2.28. The van der Waals surface area contributed by atoms with E-state index < -0.39 is 21.2 Å². The monoisotopic (exact) mass is 332 g/mol. The lowest BCUT2D eigenvalue weighted by atomic mass is 10.0. The molecule has 0 saturated heterocycles. The van der Waals surface area contributed by atoms with E-state index in [9.17, 15) is 8.78 Å². The van der Waals surface area contributed by atoms with E-state index in [0.29, 0.717) is 12.0 Å². The number of unbranched alkanes of at least 4 members (excludes halogenated alkanes) is 3. The van der Waals surface area contributed by atoms with Gasteiger partial charge in [-0.25, -0.2) is 8.78 Å². The van der Waals surface area contributed by atoms with E-state index in [1.165, 1.54) is 12.1 Å². The van der Waals surface area contributed by atoms with Crippen molar-refractivity contribution in [3.05, 3.63) is 35.4 Å². The normalized spacial score (nSPS) is 12.8. The average molecular weight is 332 g/mol. The van der Waals surface area contributed by atoms with E-state index >= 15 is 0 Å². The third-order valence-corrected chi connectivity index (χ3v) is 5.01. The van der Waals surface area contributed by atoms with E-state index in [1.807, 2.05) is 6.92 Å². The number of aryl methyl sites for hydroxylation is 1. The molecule has 1 rings (SSSR count). The zero-order valence-corrected chi connectivity index (χ0v) is 14.8. The molecule has 126 valence electrons. The van der Waals surface area contributed by atoms with Gasteiger partial charge in [-0.05, 0) is 37.8 Å². The Morgan fingerprint density at radius 3 is 2.36 bits per heavy atom. The molecule has 0 aliphatic heterocycles. The molecule has 0 heterocycles. The van der Waals surface area contributed by atoms with Crippen LogP contribution in [0.4, 0.5) is 8.78 Å². The van der Waals surface area contributed by atoms with E-state index in [0.717, 1.165) is 38.2 Å². The van der Waals surface area contributed by atoms with Crippen molar-refractivity contribution in [3.63, 3.8) is 0 Å². The molecule has 1 aromatic carbocycles. The predicted octanol–water partition coefficient (Wildman–Crippen LogP) is 3.87. The van der Waals surface area contributed by atoms with Crippen molar-refractivity contribution in [3.8, 4) is 0 Å². The number of rotatable bonds is 11. The molecule has 0 bridgehead atoms. The van der Waals surface area contributed by atoms with Crippen LogP contribution in [0.15, 0.2) is 18.2 Å². The minimum absolute atomic E-state index is 0.131. The highest BCUT2D eigenvalue weighted by molar-refractivity contribution is 6.36.